The first kappa shape index (κ1) is 33.3. The third-order valence-electron chi connectivity index (χ3n) is 12.0. The van der Waals surface area contributed by atoms with Gasteiger partial charge in [0.05, 0.1) is 27.8 Å². The summed E-state index contributed by atoms with van der Waals surface area (Å²) in [5.74, 6) is 0. The van der Waals surface area contributed by atoms with E-state index < -0.39 is 0 Å². The molecule has 2 aromatic heterocycles. The fraction of sp³-hybridized carbons (Fsp3) is 0. The molecule has 0 saturated heterocycles. The standard InChI is InChI=1S/C56H36N2O/c1-2-14-41-36-42(25-24-37(41)12-1)38-26-31-43(32-27-38)57(53-22-11-23-54-55(53)49-35-30-39-13-3-4-16-46(39)56(49)59-54)44-33-28-40(29-34-44)45-15-5-8-19-50(45)58-51-20-9-6-17-47(51)48-18-7-10-21-52(48)58/h1-36H. The van der Waals surface area contributed by atoms with E-state index in [1.54, 1.807) is 0 Å². The zero-order valence-electron chi connectivity index (χ0n) is 32.1. The number of rotatable bonds is 6. The lowest BCUT2D eigenvalue weighted by Crippen LogP contribution is -2.10. The fourth-order valence-corrected chi connectivity index (χ4v) is 9.21. The van der Waals surface area contributed by atoms with Crippen LogP contribution in [0.3, 0.4) is 0 Å². The minimum absolute atomic E-state index is 0.864. The Labute approximate surface area is 341 Å². The summed E-state index contributed by atoms with van der Waals surface area (Å²) in [5, 5.41) is 9.46. The van der Waals surface area contributed by atoms with E-state index in [2.05, 4.69) is 228 Å². The van der Waals surface area contributed by atoms with Crippen molar-refractivity contribution in [3.63, 3.8) is 0 Å². The maximum Gasteiger partial charge on any atom is 0.143 e. The summed E-state index contributed by atoms with van der Waals surface area (Å²) in [7, 11) is 0. The first-order valence-electron chi connectivity index (χ1n) is 20.2. The van der Waals surface area contributed by atoms with Crippen LogP contribution in [0.25, 0.3) is 93.2 Å². The quantitative estimate of drug-likeness (QED) is 0.169. The van der Waals surface area contributed by atoms with Crippen LogP contribution >= 0.6 is 0 Å². The fourth-order valence-electron chi connectivity index (χ4n) is 9.21. The highest BCUT2D eigenvalue weighted by atomic mass is 16.3. The molecule has 0 bridgehead atoms. The van der Waals surface area contributed by atoms with E-state index in [0.29, 0.717) is 0 Å². The Morgan fingerprint density at radius 3 is 1.69 bits per heavy atom. The molecule has 0 atom stereocenters. The van der Waals surface area contributed by atoms with Crippen molar-refractivity contribution in [2.45, 2.75) is 0 Å². The number of anilines is 3. The van der Waals surface area contributed by atoms with E-state index in [-0.39, 0.29) is 0 Å². The molecule has 0 aliphatic carbocycles. The zero-order chi connectivity index (χ0) is 38.9. The van der Waals surface area contributed by atoms with Crippen molar-refractivity contribution in [1.29, 1.82) is 0 Å². The Hall–Kier alpha value is -7.88. The molecule has 0 aliphatic heterocycles. The van der Waals surface area contributed by atoms with Gasteiger partial charge in [-0.2, -0.15) is 0 Å². The number of nitrogens with zero attached hydrogens (tertiary/aromatic N) is 2. The largest absolute Gasteiger partial charge is 0.455 e. The van der Waals surface area contributed by atoms with Crippen molar-refractivity contribution < 1.29 is 4.42 Å². The summed E-state index contributed by atoms with van der Waals surface area (Å²) >= 11 is 0. The second-order valence-corrected chi connectivity index (χ2v) is 15.3. The summed E-state index contributed by atoms with van der Waals surface area (Å²) in [6.07, 6.45) is 0. The topological polar surface area (TPSA) is 21.3 Å². The zero-order valence-corrected chi connectivity index (χ0v) is 32.1. The molecule has 0 aliphatic rings. The average molecular weight is 753 g/mol. The predicted octanol–water partition coefficient (Wildman–Crippen LogP) is 15.8. The highest BCUT2D eigenvalue weighted by molar-refractivity contribution is 6.19. The number of aromatic nitrogens is 1. The number of para-hydroxylation sites is 3. The van der Waals surface area contributed by atoms with Gasteiger partial charge in [0, 0.05) is 38.5 Å². The molecule has 12 aromatic rings. The highest BCUT2D eigenvalue weighted by Gasteiger charge is 2.21. The van der Waals surface area contributed by atoms with Crippen molar-refractivity contribution in [3.05, 3.63) is 218 Å². The van der Waals surface area contributed by atoms with E-state index in [0.717, 1.165) is 55.6 Å². The third kappa shape index (κ3) is 5.36. The van der Waals surface area contributed by atoms with Gasteiger partial charge in [-0.05, 0) is 99.6 Å². The maximum absolute atomic E-state index is 6.70. The van der Waals surface area contributed by atoms with Gasteiger partial charge in [0.1, 0.15) is 11.2 Å². The Bertz CT molecular complexity index is 3500. The number of hydrogen-bond acceptors (Lipinski definition) is 2. The molecule has 2 heterocycles. The molecule has 0 saturated carbocycles. The maximum atomic E-state index is 6.70. The van der Waals surface area contributed by atoms with Gasteiger partial charge in [-0.1, -0.05) is 152 Å². The second kappa shape index (κ2) is 13.4. The lowest BCUT2D eigenvalue weighted by Gasteiger charge is -2.27. The first-order valence-corrected chi connectivity index (χ1v) is 20.2. The minimum atomic E-state index is 0.864. The minimum Gasteiger partial charge on any atom is -0.455 e. The van der Waals surface area contributed by atoms with Crippen LogP contribution in [0.15, 0.2) is 223 Å². The molecule has 276 valence electrons. The van der Waals surface area contributed by atoms with Crippen LogP contribution in [-0.2, 0) is 0 Å². The molecule has 0 unspecified atom stereocenters. The van der Waals surface area contributed by atoms with E-state index in [1.807, 2.05) is 0 Å². The number of furan rings is 1. The monoisotopic (exact) mass is 752 g/mol. The summed E-state index contributed by atoms with van der Waals surface area (Å²) in [6, 6.07) is 78.7. The van der Waals surface area contributed by atoms with Gasteiger partial charge in [-0.3, -0.25) is 0 Å². The molecular formula is C56H36N2O. The molecular weight excluding hydrogens is 717 g/mol. The van der Waals surface area contributed by atoms with Gasteiger partial charge < -0.3 is 13.9 Å². The molecule has 3 heteroatoms. The second-order valence-electron chi connectivity index (χ2n) is 15.3. The Morgan fingerprint density at radius 1 is 0.373 bits per heavy atom. The van der Waals surface area contributed by atoms with Gasteiger partial charge in [0.2, 0.25) is 0 Å². The van der Waals surface area contributed by atoms with Gasteiger partial charge >= 0.3 is 0 Å². The molecule has 59 heavy (non-hydrogen) atoms. The lowest BCUT2D eigenvalue weighted by atomic mass is 10.00. The number of hydrogen-bond donors (Lipinski definition) is 0. The van der Waals surface area contributed by atoms with E-state index in [1.165, 1.54) is 54.7 Å². The Balaban J connectivity index is 1.02. The van der Waals surface area contributed by atoms with Crippen LogP contribution in [0.5, 0.6) is 0 Å². The molecule has 0 N–H and O–H groups in total. The van der Waals surface area contributed by atoms with Crippen LogP contribution in [0.2, 0.25) is 0 Å². The van der Waals surface area contributed by atoms with Crippen LogP contribution in [0.1, 0.15) is 0 Å². The SMILES string of the molecule is c1ccc(-n2c3ccccc3c3ccccc32)c(-c2ccc(N(c3ccc(-c4ccc5ccccc5c4)cc3)c3cccc4oc5c6ccccc6ccc5c34)cc2)c1. The van der Waals surface area contributed by atoms with Crippen LogP contribution in [-0.4, -0.2) is 4.57 Å². The van der Waals surface area contributed by atoms with Crippen molar-refractivity contribution in [2.24, 2.45) is 0 Å². The first-order chi connectivity index (χ1) is 29.3. The molecule has 10 aromatic carbocycles. The van der Waals surface area contributed by atoms with Gasteiger partial charge in [0.25, 0.3) is 0 Å². The van der Waals surface area contributed by atoms with Gasteiger partial charge in [0.15, 0.2) is 0 Å². The summed E-state index contributed by atoms with van der Waals surface area (Å²) in [6.45, 7) is 0. The molecule has 12 rings (SSSR count). The molecule has 0 amide bonds. The van der Waals surface area contributed by atoms with Crippen molar-refractivity contribution in [3.8, 4) is 27.9 Å². The van der Waals surface area contributed by atoms with Crippen LogP contribution < -0.4 is 4.90 Å². The Morgan fingerprint density at radius 2 is 0.949 bits per heavy atom. The van der Waals surface area contributed by atoms with Crippen molar-refractivity contribution >= 4 is 82.4 Å². The normalized spacial score (nSPS) is 11.7. The molecule has 0 fully saturated rings. The third-order valence-corrected chi connectivity index (χ3v) is 12.0. The smallest absolute Gasteiger partial charge is 0.143 e. The summed E-state index contributed by atoms with van der Waals surface area (Å²) < 4.78 is 9.11. The van der Waals surface area contributed by atoms with Gasteiger partial charge in [-0.15, -0.1) is 0 Å². The van der Waals surface area contributed by atoms with Crippen LogP contribution in [0, 0.1) is 0 Å². The van der Waals surface area contributed by atoms with Crippen molar-refractivity contribution in [1.82, 2.24) is 4.57 Å². The van der Waals surface area contributed by atoms with Crippen molar-refractivity contribution in [2.75, 3.05) is 4.90 Å². The lowest BCUT2D eigenvalue weighted by molar-refractivity contribution is 0.672. The molecule has 0 spiro atoms. The van der Waals surface area contributed by atoms with E-state index >= 15 is 0 Å². The highest BCUT2D eigenvalue weighted by Crippen LogP contribution is 2.45. The number of fused-ring (bicyclic) bond motifs is 9. The average Bonchev–Trinajstić information content (AvgIpc) is 3.86. The van der Waals surface area contributed by atoms with Crippen LogP contribution in [0.4, 0.5) is 17.1 Å². The summed E-state index contributed by atoms with van der Waals surface area (Å²) in [5.41, 5.74) is 13.2. The molecule has 3 nitrogen and oxygen atoms in total. The predicted molar refractivity (Wildman–Crippen MR) is 249 cm³/mol. The summed E-state index contributed by atoms with van der Waals surface area (Å²) in [4.78, 5) is 2.37. The Kier molecular flexibility index (Phi) is 7.54. The number of benzene rings is 10. The molecule has 0 radical (unpaired) electrons. The van der Waals surface area contributed by atoms with Gasteiger partial charge in [-0.25, -0.2) is 0 Å². The van der Waals surface area contributed by atoms with E-state index in [9.17, 15) is 0 Å². The van der Waals surface area contributed by atoms with E-state index in [4.69, 9.17) is 4.42 Å².